The van der Waals surface area contributed by atoms with Gasteiger partial charge in [-0.3, -0.25) is 9.59 Å². The Hall–Kier alpha value is -3.12. The minimum atomic E-state index is -0.410. The lowest BCUT2D eigenvalue weighted by atomic mass is 10.1. The molecule has 0 bridgehead atoms. The van der Waals surface area contributed by atoms with E-state index in [0.717, 1.165) is 11.3 Å². The van der Waals surface area contributed by atoms with Gasteiger partial charge in [0.05, 0.1) is 18.7 Å². The second-order valence-electron chi connectivity index (χ2n) is 6.58. The quantitative estimate of drug-likeness (QED) is 0.715. The van der Waals surface area contributed by atoms with Crippen molar-refractivity contribution in [2.45, 2.75) is 13.0 Å². The van der Waals surface area contributed by atoms with Gasteiger partial charge >= 0.3 is 0 Å². The largest absolute Gasteiger partial charge is 0.439 e. The molecule has 3 aromatic rings. The van der Waals surface area contributed by atoms with E-state index >= 15 is 0 Å². The summed E-state index contributed by atoms with van der Waals surface area (Å²) >= 11 is 5.89. The molecule has 0 saturated carbocycles. The van der Waals surface area contributed by atoms with Crippen LogP contribution in [-0.4, -0.2) is 23.3 Å². The number of nitrogens with zero attached hydrogens (tertiary/aromatic N) is 2. The minimum Gasteiger partial charge on any atom is -0.439 e. The first kappa shape index (κ1) is 18.3. The third-order valence-corrected chi connectivity index (χ3v) is 4.91. The van der Waals surface area contributed by atoms with Crippen molar-refractivity contribution in [1.29, 1.82) is 0 Å². The average molecular weight is 396 g/mol. The fraction of sp³-hybridized carbons (Fsp3) is 0.190. The van der Waals surface area contributed by atoms with Crippen LogP contribution in [0.3, 0.4) is 0 Å². The number of amides is 2. The van der Waals surface area contributed by atoms with E-state index in [-0.39, 0.29) is 24.8 Å². The van der Waals surface area contributed by atoms with E-state index in [1.807, 2.05) is 30.3 Å². The highest BCUT2D eigenvalue weighted by atomic mass is 35.5. The zero-order valence-corrected chi connectivity index (χ0v) is 15.7. The second kappa shape index (κ2) is 7.86. The summed E-state index contributed by atoms with van der Waals surface area (Å²) in [6.45, 7) is 0.518. The fourth-order valence-corrected chi connectivity index (χ4v) is 3.31. The SMILES string of the molecule is O=C(NCc1ncc(-c2ccccc2)o1)C1CC(=O)N(c2ccc(Cl)cc2)C1. The average Bonchev–Trinajstić information content (AvgIpc) is 3.34. The van der Waals surface area contributed by atoms with Crippen LogP contribution in [0.5, 0.6) is 0 Å². The van der Waals surface area contributed by atoms with Gasteiger partial charge < -0.3 is 14.6 Å². The molecule has 7 heteroatoms. The highest BCUT2D eigenvalue weighted by Crippen LogP contribution is 2.26. The van der Waals surface area contributed by atoms with Crippen molar-refractivity contribution in [1.82, 2.24) is 10.3 Å². The Morgan fingerprint density at radius 2 is 1.93 bits per heavy atom. The first-order valence-corrected chi connectivity index (χ1v) is 9.32. The summed E-state index contributed by atoms with van der Waals surface area (Å²) in [6, 6.07) is 16.6. The van der Waals surface area contributed by atoms with Gasteiger partial charge in [-0.15, -0.1) is 0 Å². The van der Waals surface area contributed by atoms with Crippen LogP contribution in [0.25, 0.3) is 11.3 Å². The molecule has 6 nitrogen and oxygen atoms in total. The van der Waals surface area contributed by atoms with Crippen LogP contribution in [0, 0.1) is 5.92 Å². The van der Waals surface area contributed by atoms with Crippen molar-refractivity contribution in [3.05, 3.63) is 71.7 Å². The first-order chi connectivity index (χ1) is 13.6. The molecule has 1 saturated heterocycles. The van der Waals surface area contributed by atoms with E-state index in [1.165, 1.54) is 0 Å². The van der Waals surface area contributed by atoms with E-state index in [2.05, 4.69) is 10.3 Å². The fourth-order valence-electron chi connectivity index (χ4n) is 3.19. The molecule has 1 N–H and O–H groups in total. The van der Waals surface area contributed by atoms with Crippen LogP contribution in [0.15, 0.2) is 65.2 Å². The zero-order chi connectivity index (χ0) is 19.5. The number of carbonyl (C=O) groups is 2. The first-order valence-electron chi connectivity index (χ1n) is 8.94. The number of oxazole rings is 1. The molecule has 142 valence electrons. The summed E-state index contributed by atoms with van der Waals surface area (Å²) in [5, 5.41) is 3.41. The van der Waals surface area contributed by atoms with Gasteiger partial charge in [-0.25, -0.2) is 4.98 Å². The van der Waals surface area contributed by atoms with Crippen molar-refractivity contribution >= 4 is 29.1 Å². The number of hydrogen-bond acceptors (Lipinski definition) is 4. The van der Waals surface area contributed by atoms with Crippen LogP contribution in [0.4, 0.5) is 5.69 Å². The molecule has 28 heavy (non-hydrogen) atoms. The molecule has 0 spiro atoms. The third kappa shape index (κ3) is 3.92. The van der Waals surface area contributed by atoms with Gasteiger partial charge in [0, 0.05) is 29.2 Å². The lowest BCUT2D eigenvalue weighted by Crippen LogP contribution is -2.32. The van der Waals surface area contributed by atoms with Gasteiger partial charge in [0.2, 0.25) is 17.7 Å². The summed E-state index contributed by atoms with van der Waals surface area (Å²) in [6.07, 6.45) is 1.81. The normalized spacial score (nSPS) is 16.4. The predicted molar refractivity (Wildman–Crippen MR) is 106 cm³/mol. The number of nitrogens with one attached hydrogen (secondary N) is 1. The maximum absolute atomic E-state index is 12.5. The van der Waals surface area contributed by atoms with Crippen LogP contribution in [-0.2, 0) is 16.1 Å². The maximum atomic E-state index is 12.5. The molecule has 1 aliphatic rings. The lowest BCUT2D eigenvalue weighted by Gasteiger charge is -2.16. The maximum Gasteiger partial charge on any atom is 0.227 e. The minimum absolute atomic E-state index is 0.0787. The van der Waals surface area contributed by atoms with Crippen molar-refractivity contribution < 1.29 is 14.0 Å². The summed E-state index contributed by atoms with van der Waals surface area (Å²) in [4.78, 5) is 30.6. The molecule has 0 radical (unpaired) electrons. The Morgan fingerprint density at radius 3 is 2.68 bits per heavy atom. The number of carbonyl (C=O) groups excluding carboxylic acids is 2. The van der Waals surface area contributed by atoms with Gasteiger partial charge in [-0.2, -0.15) is 0 Å². The van der Waals surface area contributed by atoms with Crippen molar-refractivity contribution in [2.75, 3.05) is 11.4 Å². The molecule has 1 fully saturated rings. The number of benzene rings is 2. The number of hydrogen-bond donors (Lipinski definition) is 1. The van der Waals surface area contributed by atoms with Crippen LogP contribution < -0.4 is 10.2 Å². The summed E-state index contributed by atoms with van der Waals surface area (Å²) in [5.74, 6) is 0.391. The van der Waals surface area contributed by atoms with Gasteiger partial charge in [-0.1, -0.05) is 41.9 Å². The summed E-state index contributed by atoms with van der Waals surface area (Å²) in [7, 11) is 0. The Balaban J connectivity index is 1.35. The van der Waals surface area contributed by atoms with Crippen LogP contribution >= 0.6 is 11.6 Å². The van der Waals surface area contributed by atoms with E-state index in [1.54, 1.807) is 35.4 Å². The van der Waals surface area contributed by atoms with Crippen molar-refractivity contribution in [3.63, 3.8) is 0 Å². The summed E-state index contributed by atoms with van der Waals surface area (Å²) in [5.41, 5.74) is 1.66. The monoisotopic (exact) mass is 395 g/mol. The Bertz CT molecular complexity index is 986. The number of anilines is 1. The number of halogens is 1. The second-order valence-corrected chi connectivity index (χ2v) is 7.02. The smallest absolute Gasteiger partial charge is 0.227 e. The van der Waals surface area contributed by atoms with Crippen LogP contribution in [0.2, 0.25) is 5.02 Å². The standard InChI is InChI=1S/C21H18ClN3O3/c22-16-6-8-17(9-7-16)25-13-15(10-20(25)26)21(27)24-12-19-23-11-18(28-19)14-4-2-1-3-5-14/h1-9,11,15H,10,12-13H2,(H,24,27). The van der Waals surface area contributed by atoms with Gasteiger partial charge in [0.1, 0.15) is 0 Å². The Labute approximate surface area is 167 Å². The molecule has 0 aliphatic carbocycles. The molecular weight excluding hydrogens is 378 g/mol. The van der Waals surface area contributed by atoms with E-state index in [9.17, 15) is 9.59 Å². The van der Waals surface area contributed by atoms with Gasteiger partial charge in [0.25, 0.3) is 0 Å². The topological polar surface area (TPSA) is 75.4 Å². The molecule has 2 amide bonds. The van der Waals surface area contributed by atoms with E-state index < -0.39 is 5.92 Å². The molecule has 2 aromatic carbocycles. The Morgan fingerprint density at radius 1 is 1.18 bits per heavy atom. The molecule has 2 heterocycles. The van der Waals surface area contributed by atoms with Gasteiger partial charge in [-0.05, 0) is 24.3 Å². The zero-order valence-electron chi connectivity index (χ0n) is 15.0. The Kier molecular flexibility index (Phi) is 5.12. The van der Waals surface area contributed by atoms with Crippen molar-refractivity contribution in [2.24, 2.45) is 5.92 Å². The molecule has 4 rings (SSSR count). The number of aromatic nitrogens is 1. The van der Waals surface area contributed by atoms with Gasteiger partial charge in [0.15, 0.2) is 5.76 Å². The highest BCUT2D eigenvalue weighted by molar-refractivity contribution is 6.30. The lowest BCUT2D eigenvalue weighted by molar-refractivity contribution is -0.126. The van der Waals surface area contributed by atoms with E-state index in [0.29, 0.717) is 23.2 Å². The van der Waals surface area contributed by atoms with Crippen molar-refractivity contribution in [3.8, 4) is 11.3 Å². The van der Waals surface area contributed by atoms with E-state index in [4.69, 9.17) is 16.0 Å². The molecule has 1 aromatic heterocycles. The third-order valence-electron chi connectivity index (χ3n) is 4.66. The molecule has 1 aliphatic heterocycles. The summed E-state index contributed by atoms with van der Waals surface area (Å²) < 4.78 is 5.69. The molecular formula is C21H18ClN3O3. The van der Waals surface area contributed by atoms with Crippen LogP contribution in [0.1, 0.15) is 12.3 Å². The number of rotatable bonds is 5. The predicted octanol–water partition coefficient (Wildman–Crippen LogP) is 3.66. The highest BCUT2D eigenvalue weighted by Gasteiger charge is 2.35. The molecule has 1 unspecified atom stereocenters. The molecule has 1 atom stereocenters.